The molecule has 7 heteroatoms. The zero-order valence-corrected chi connectivity index (χ0v) is 30.1. The van der Waals surface area contributed by atoms with E-state index in [4.69, 9.17) is 10.5 Å². The first-order valence-electron chi connectivity index (χ1n) is 18.8. The van der Waals surface area contributed by atoms with Crippen LogP contribution in [0.4, 0.5) is 0 Å². The van der Waals surface area contributed by atoms with E-state index in [-0.39, 0.29) is 58.0 Å². The standard InChI is InChI=1S/C39H64N2O5/c1-34(2,22-32(43)44)23-33(45)46-30-13-16-36(5)28(35(30,3)4)12-17-38(7)29(36)11-10-26-27-9-8-15-39(27,19-18-37(26,38)6)21-31(42)41-20-14-25(40)24-41/h25-30H,8-24,40H2,1-7H3,(H,43,44)/t25-,26-,27-,28?,29?,30+,36+,37-,38-,39-/m1/s1. The minimum atomic E-state index is -0.877. The van der Waals surface area contributed by atoms with E-state index in [0.29, 0.717) is 29.6 Å². The molecule has 6 rings (SSSR count). The topological polar surface area (TPSA) is 110 Å². The molecule has 0 aromatic carbocycles. The van der Waals surface area contributed by atoms with E-state index in [0.717, 1.165) is 38.8 Å². The highest BCUT2D eigenvalue weighted by Gasteiger charge is 2.70. The number of aliphatic carboxylic acids is 1. The molecule has 7 nitrogen and oxygen atoms in total. The van der Waals surface area contributed by atoms with Gasteiger partial charge in [0, 0.05) is 31.0 Å². The fourth-order valence-corrected chi connectivity index (χ4v) is 13.7. The number of amides is 1. The second kappa shape index (κ2) is 11.5. The van der Waals surface area contributed by atoms with Crippen LogP contribution in [0.1, 0.15) is 145 Å². The summed E-state index contributed by atoms with van der Waals surface area (Å²) < 4.78 is 6.25. The van der Waals surface area contributed by atoms with Gasteiger partial charge in [0.15, 0.2) is 0 Å². The summed E-state index contributed by atoms with van der Waals surface area (Å²) in [6.45, 7) is 17.8. The Kier molecular flexibility index (Phi) is 8.54. The third kappa shape index (κ3) is 5.35. The Morgan fingerprint density at radius 1 is 0.826 bits per heavy atom. The number of fused-ring (bicyclic) bond motifs is 7. The molecule has 10 atom stereocenters. The van der Waals surface area contributed by atoms with Gasteiger partial charge in [-0.1, -0.05) is 54.9 Å². The summed E-state index contributed by atoms with van der Waals surface area (Å²) >= 11 is 0. The maximum atomic E-state index is 13.6. The molecule has 1 aliphatic heterocycles. The highest BCUT2D eigenvalue weighted by atomic mass is 16.5. The van der Waals surface area contributed by atoms with Gasteiger partial charge in [-0.15, -0.1) is 0 Å². The van der Waals surface area contributed by atoms with E-state index in [9.17, 15) is 19.5 Å². The summed E-state index contributed by atoms with van der Waals surface area (Å²) in [5.74, 6) is 1.71. The van der Waals surface area contributed by atoms with Crippen molar-refractivity contribution in [3.05, 3.63) is 0 Å². The molecule has 0 radical (unpaired) electrons. The summed E-state index contributed by atoms with van der Waals surface area (Å²) in [7, 11) is 0. The molecular weight excluding hydrogens is 576 g/mol. The molecule has 5 aliphatic carbocycles. The van der Waals surface area contributed by atoms with Crippen LogP contribution in [0.25, 0.3) is 0 Å². The van der Waals surface area contributed by atoms with Crippen LogP contribution in [0.5, 0.6) is 0 Å². The van der Waals surface area contributed by atoms with Gasteiger partial charge in [0.05, 0.1) is 12.8 Å². The van der Waals surface area contributed by atoms with Gasteiger partial charge in [-0.2, -0.15) is 0 Å². The van der Waals surface area contributed by atoms with Crippen molar-refractivity contribution in [3.8, 4) is 0 Å². The molecule has 0 aromatic rings. The number of nitrogens with two attached hydrogens (primary N) is 1. The van der Waals surface area contributed by atoms with Gasteiger partial charge in [0.25, 0.3) is 0 Å². The second-order valence-electron chi connectivity index (χ2n) is 19.3. The third-order valence-electron chi connectivity index (χ3n) is 16.1. The largest absolute Gasteiger partial charge is 0.481 e. The number of rotatable bonds is 7. The quantitative estimate of drug-likeness (QED) is 0.278. The van der Waals surface area contributed by atoms with Crippen molar-refractivity contribution in [2.75, 3.05) is 13.1 Å². The normalized spacial score (nSPS) is 44.8. The Hall–Kier alpha value is -1.63. The molecule has 6 aliphatic rings. The predicted molar refractivity (Wildman–Crippen MR) is 180 cm³/mol. The monoisotopic (exact) mass is 640 g/mol. The fraction of sp³-hybridized carbons (Fsp3) is 0.923. The first kappa shape index (κ1) is 34.2. The Balaban J connectivity index is 1.19. The molecule has 6 fully saturated rings. The van der Waals surface area contributed by atoms with Gasteiger partial charge in [-0.25, -0.2) is 0 Å². The number of carboxylic acid groups (broad SMARTS) is 1. The summed E-state index contributed by atoms with van der Waals surface area (Å²) in [5, 5.41) is 9.30. The Morgan fingerprint density at radius 2 is 1.57 bits per heavy atom. The molecule has 1 heterocycles. The van der Waals surface area contributed by atoms with Crippen LogP contribution in [0.3, 0.4) is 0 Å². The number of nitrogens with zero attached hydrogens (tertiary/aromatic N) is 1. The summed E-state index contributed by atoms with van der Waals surface area (Å²) in [6.07, 6.45) is 14.8. The SMILES string of the molecule is CC(C)(CC(=O)O)CC(=O)O[C@H]1CC[C@@]2(C)C(CC[C@]3(C)C2CC[C@@H]2[C@H]4CCC[C@]4(CC(=O)N4CC[C@@H](N)C4)CC[C@]23C)C1(C)C. The van der Waals surface area contributed by atoms with Gasteiger partial charge in [-0.05, 0) is 121 Å². The van der Waals surface area contributed by atoms with Crippen molar-refractivity contribution in [2.45, 2.75) is 157 Å². The van der Waals surface area contributed by atoms with Gasteiger partial charge >= 0.3 is 11.9 Å². The molecule has 2 unspecified atom stereocenters. The minimum Gasteiger partial charge on any atom is -0.481 e. The first-order chi connectivity index (χ1) is 21.4. The van der Waals surface area contributed by atoms with E-state index < -0.39 is 11.4 Å². The van der Waals surface area contributed by atoms with Crippen molar-refractivity contribution in [1.82, 2.24) is 4.90 Å². The van der Waals surface area contributed by atoms with Crippen LogP contribution >= 0.6 is 0 Å². The van der Waals surface area contributed by atoms with E-state index in [1.165, 1.54) is 57.8 Å². The number of carbonyl (C=O) groups excluding carboxylic acids is 2. The fourth-order valence-electron chi connectivity index (χ4n) is 13.7. The zero-order valence-electron chi connectivity index (χ0n) is 30.1. The summed E-state index contributed by atoms with van der Waals surface area (Å²) in [5.41, 5.74) is 6.36. The van der Waals surface area contributed by atoms with E-state index in [1.807, 2.05) is 13.8 Å². The number of carboxylic acids is 1. The van der Waals surface area contributed by atoms with Crippen molar-refractivity contribution < 1.29 is 24.2 Å². The van der Waals surface area contributed by atoms with Gasteiger partial charge < -0.3 is 20.5 Å². The highest BCUT2D eigenvalue weighted by molar-refractivity contribution is 5.77. The molecule has 0 aromatic heterocycles. The average molecular weight is 641 g/mol. The Bertz CT molecular complexity index is 1230. The zero-order chi connectivity index (χ0) is 33.5. The molecule has 0 spiro atoms. The molecule has 46 heavy (non-hydrogen) atoms. The van der Waals surface area contributed by atoms with Crippen LogP contribution < -0.4 is 5.73 Å². The number of likely N-dealkylation sites (tertiary alicyclic amines) is 1. The number of esters is 1. The molecular formula is C39H64N2O5. The van der Waals surface area contributed by atoms with E-state index in [1.54, 1.807) is 0 Å². The van der Waals surface area contributed by atoms with Crippen LogP contribution in [-0.4, -0.2) is 53.1 Å². The van der Waals surface area contributed by atoms with Gasteiger partial charge in [0.1, 0.15) is 6.10 Å². The lowest BCUT2D eigenvalue weighted by Crippen LogP contribution is -2.66. The molecule has 260 valence electrons. The van der Waals surface area contributed by atoms with Crippen LogP contribution in [0.15, 0.2) is 0 Å². The number of carbonyl (C=O) groups is 3. The Labute approximate surface area is 278 Å². The maximum Gasteiger partial charge on any atom is 0.306 e. The maximum absolute atomic E-state index is 13.6. The van der Waals surface area contributed by atoms with Gasteiger partial charge in [0.2, 0.25) is 5.91 Å². The Morgan fingerprint density at radius 3 is 2.24 bits per heavy atom. The van der Waals surface area contributed by atoms with Crippen LogP contribution in [0.2, 0.25) is 0 Å². The molecule has 0 bridgehead atoms. The lowest BCUT2D eigenvalue weighted by molar-refractivity contribution is -0.248. The highest BCUT2D eigenvalue weighted by Crippen LogP contribution is 2.77. The molecule has 5 saturated carbocycles. The third-order valence-corrected chi connectivity index (χ3v) is 16.1. The van der Waals surface area contributed by atoms with E-state index >= 15 is 0 Å². The van der Waals surface area contributed by atoms with Gasteiger partial charge in [-0.3, -0.25) is 14.4 Å². The molecule has 1 amide bonds. The number of hydrogen-bond acceptors (Lipinski definition) is 5. The minimum absolute atomic E-state index is 0.0394. The van der Waals surface area contributed by atoms with Crippen molar-refractivity contribution >= 4 is 17.8 Å². The summed E-state index contributed by atoms with van der Waals surface area (Å²) in [4.78, 5) is 40.1. The van der Waals surface area contributed by atoms with E-state index in [2.05, 4.69) is 39.5 Å². The average Bonchev–Trinajstić information content (AvgIpc) is 3.56. The second-order valence-corrected chi connectivity index (χ2v) is 19.3. The lowest BCUT2D eigenvalue weighted by Gasteiger charge is -2.72. The molecule has 3 N–H and O–H groups in total. The first-order valence-corrected chi connectivity index (χ1v) is 18.8. The summed E-state index contributed by atoms with van der Waals surface area (Å²) in [6, 6.07) is 0.144. The van der Waals surface area contributed by atoms with Crippen molar-refractivity contribution in [3.63, 3.8) is 0 Å². The van der Waals surface area contributed by atoms with Crippen LogP contribution in [-0.2, 0) is 19.1 Å². The number of hydrogen-bond donors (Lipinski definition) is 2. The van der Waals surface area contributed by atoms with Crippen molar-refractivity contribution in [2.24, 2.45) is 61.9 Å². The smallest absolute Gasteiger partial charge is 0.306 e. The molecule has 1 saturated heterocycles. The number of ether oxygens (including phenoxy) is 1. The van der Waals surface area contributed by atoms with Crippen molar-refractivity contribution in [1.29, 1.82) is 0 Å². The lowest BCUT2D eigenvalue weighted by atomic mass is 9.32. The van der Waals surface area contributed by atoms with Crippen LogP contribution in [0, 0.1) is 56.2 Å². The predicted octanol–water partition coefficient (Wildman–Crippen LogP) is 7.59.